The number of carbonyl (C=O) groups is 2. The highest BCUT2D eigenvalue weighted by Crippen LogP contribution is 2.18. The van der Waals surface area contributed by atoms with Crippen LogP contribution in [0, 0.1) is 13.8 Å². The summed E-state index contributed by atoms with van der Waals surface area (Å²) in [5.74, 6) is -1.11. The van der Waals surface area contributed by atoms with Crippen molar-refractivity contribution in [2.24, 2.45) is 0 Å². The first-order valence-electron chi connectivity index (χ1n) is 7.84. The summed E-state index contributed by atoms with van der Waals surface area (Å²) in [5.41, 5.74) is 2.86. The number of hydrogen-bond donors (Lipinski definition) is 2. The van der Waals surface area contributed by atoms with Crippen molar-refractivity contribution in [3.05, 3.63) is 47.3 Å². The highest BCUT2D eigenvalue weighted by molar-refractivity contribution is 5.90. The highest BCUT2D eigenvalue weighted by Gasteiger charge is 2.30. The van der Waals surface area contributed by atoms with Crippen LogP contribution >= 0.6 is 0 Å². The maximum absolute atomic E-state index is 12.1. The minimum atomic E-state index is -1.16. The summed E-state index contributed by atoms with van der Waals surface area (Å²) in [6.45, 7) is 7.18. The Morgan fingerprint density at radius 2 is 2.00 bits per heavy atom. The molecule has 6 nitrogen and oxygen atoms in total. The molecule has 128 valence electrons. The first kappa shape index (κ1) is 17.7. The van der Waals surface area contributed by atoms with E-state index < -0.39 is 11.5 Å². The number of anilines is 1. The maximum Gasteiger partial charge on any atom is 0.331 e. The molecular formula is C18H23N3O3. The highest BCUT2D eigenvalue weighted by atomic mass is 16.4. The first-order valence-corrected chi connectivity index (χ1v) is 7.84. The van der Waals surface area contributed by atoms with E-state index in [4.69, 9.17) is 0 Å². The van der Waals surface area contributed by atoms with Crippen molar-refractivity contribution < 1.29 is 14.7 Å². The summed E-state index contributed by atoms with van der Waals surface area (Å²) in [6, 6.07) is 6.19. The van der Waals surface area contributed by atoms with Crippen LogP contribution in [0.4, 0.5) is 5.69 Å². The molecule has 0 saturated carbocycles. The Morgan fingerprint density at radius 3 is 2.62 bits per heavy atom. The van der Waals surface area contributed by atoms with Gasteiger partial charge < -0.3 is 10.4 Å². The third kappa shape index (κ3) is 4.01. The van der Waals surface area contributed by atoms with Gasteiger partial charge in [-0.3, -0.25) is 9.48 Å². The second-order valence-corrected chi connectivity index (χ2v) is 6.52. The van der Waals surface area contributed by atoms with Crippen LogP contribution in [0.5, 0.6) is 0 Å². The van der Waals surface area contributed by atoms with Gasteiger partial charge in [-0.15, -0.1) is 0 Å². The Bertz CT molecular complexity index is 763. The predicted octanol–water partition coefficient (Wildman–Crippen LogP) is 2.89. The lowest BCUT2D eigenvalue weighted by Gasteiger charge is -2.19. The van der Waals surface area contributed by atoms with E-state index in [1.165, 1.54) is 28.2 Å². The Balaban J connectivity index is 1.96. The number of aryl methyl sites for hydroxylation is 3. The van der Waals surface area contributed by atoms with Gasteiger partial charge in [0.25, 0.3) is 0 Å². The number of rotatable bonds is 6. The molecule has 0 aliphatic carbocycles. The van der Waals surface area contributed by atoms with Crippen LogP contribution in [0.25, 0.3) is 0 Å². The summed E-state index contributed by atoms with van der Waals surface area (Å²) in [7, 11) is 0. The smallest absolute Gasteiger partial charge is 0.331 e. The maximum atomic E-state index is 12.1. The molecule has 0 unspecified atom stereocenters. The minimum absolute atomic E-state index is 0.123. The zero-order chi connectivity index (χ0) is 17.9. The van der Waals surface area contributed by atoms with Crippen LogP contribution in [-0.2, 0) is 21.5 Å². The van der Waals surface area contributed by atoms with Gasteiger partial charge in [0.15, 0.2) is 5.54 Å². The lowest BCUT2D eigenvalue weighted by molar-refractivity contribution is -0.146. The SMILES string of the molecule is Cc1ccc(CCC(=O)Nc2cnn(C(C)(C)C(=O)O)c2)c(C)c1. The Labute approximate surface area is 141 Å². The molecule has 0 atom stereocenters. The fourth-order valence-electron chi connectivity index (χ4n) is 2.39. The van der Waals surface area contributed by atoms with E-state index in [-0.39, 0.29) is 5.91 Å². The number of carbonyl (C=O) groups excluding carboxylic acids is 1. The molecule has 0 saturated heterocycles. The molecule has 1 aromatic carbocycles. The van der Waals surface area contributed by atoms with Gasteiger partial charge in [-0.1, -0.05) is 23.8 Å². The molecule has 2 rings (SSSR count). The molecule has 0 spiro atoms. The molecule has 0 fully saturated rings. The van der Waals surface area contributed by atoms with Crippen LogP contribution < -0.4 is 5.32 Å². The summed E-state index contributed by atoms with van der Waals surface area (Å²) in [6.07, 6.45) is 4.01. The van der Waals surface area contributed by atoms with Gasteiger partial charge in [-0.25, -0.2) is 4.79 Å². The average molecular weight is 329 g/mol. The topological polar surface area (TPSA) is 84.2 Å². The first-order chi connectivity index (χ1) is 11.2. The molecule has 1 heterocycles. The van der Waals surface area contributed by atoms with Gasteiger partial charge in [0.1, 0.15) is 0 Å². The van der Waals surface area contributed by atoms with Crippen molar-refractivity contribution in [1.29, 1.82) is 0 Å². The molecule has 0 radical (unpaired) electrons. The number of amides is 1. The standard InChI is InChI=1S/C18H23N3O3/c1-12-5-6-14(13(2)9-12)7-8-16(22)20-15-10-19-21(11-15)18(3,4)17(23)24/h5-6,9-11H,7-8H2,1-4H3,(H,20,22)(H,23,24). The molecule has 1 amide bonds. The van der Waals surface area contributed by atoms with Gasteiger partial charge in [0, 0.05) is 12.6 Å². The van der Waals surface area contributed by atoms with E-state index in [1.54, 1.807) is 13.8 Å². The average Bonchev–Trinajstić information content (AvgIpc) is 2.95. The van der Waals surface area contributed by atoms with E-state index in [9.17, 15) is 14.7 Å². The number of carboxylic acid groups (broad SMARTS) is 1. The van der Waals surface area contributed by atoms with E-state index in [2.05, 4.69) is 16.5 Å². The number of nitrogens with zero attached hydrogens (tertiary/aromatic N) is 2. The van der Waals surface area contributed by atoms with E-state index in [0.29, 0.717) is 18.5 Å². The predicted molar refractivity (Wildman–Crippen MR) is 92.1 cm³/mol. The summed E-state index contributed by atoms with van der Waals surface area (Å²) in [5, 5.41) is 16.0. The lowest BCUT2D eigenvalue weighted by atomic mass is 10.0. The summed E-state index contributed by atoms with van der Waals surface area (Å²) < 4.78 is 1.33. The van der Waals surface area contributed by atoms with Gasteiger partial charge in [-0.2, -0.15) is 5.10 Å². The number of aliphatic carboxylic acids is 1. The Hall–Kier alpha value is -2.63. The number of benzene rings is 1. The number of aromatic nitrogens is 2. The Kier molecular flexibility index (Phi) is 5.07. The van der Waals surface area contributed by atoms with E-state index >= 15 is 0 Å². The van der Waals surface area contributed by atoms with Crippen molar-refractivity contribution >= 4 is 17.6 Å². The Morgan fingerprint density at radius 1 is 1.29 bits per heavy atom. The van der Waals surface area contributed by atoms with E-state index in [1.807, 2.05) is 26.0 Å². The van der Waals surface area contributed by atoms with Gasteiger partial charge in [0.2, 0.25) is 5.91 Å². The molecule has 0 aliphatic rings. The lowest BCUT2D eigenvalue weighted by Crippen LogP contribution is -2.35. The minimum Gasteiger partial charge on any atom is -0.479 e. The van der Waals surface area contributed by atoms with E-state index in [0.717, 1.165) is 5.56 Å². The fourth-order valence-corrected chi connectivity index (χ4v) is 2.39. The van der Waals surface area contributed by atoms with Crippen LogP contribution in [-0.4, -0.2) is 26.8 Å². The third-order valence-corrected chi connectivity index (χ3v) is 4.08. The summed E-state index contributed by atoms with van der Waals surface area (Å²) in [4.78, 5) is 23.3. The second kappa shape index (κ2) is 6.86. The molecule has 0 bridgehead atoms. The molecule has 2 aromatic rings. The number of carboxylic acids is 1. The van der Waals surface area contributed by atoms with Crippen LogP contribution in [0.15, 0.2) is 30.6 Å². The zero-order valence-corrected chi connectivity index (χ0v) is 14.5. The molecule has 24 heavy (non-hydrogen) atoms. The van der Waals surface area contributed by atoms with Gasteiger partial charge in [0.05, 0.1) is 11.9 Å². The molecular weight excluding hydrogens is 306 g/mol. The van der Waals surface area contributed by atoms with Crippen molar-refractivity contribution in [2.45, 2.75) is 46.1 Å². The number of hydrogen-bond acceptors (Lipinski definition) is 3. The van der Waals surface area contributed by atoms with Crippen molar-refractivity contribution in [2.75, 3.05) is 5.32 Å². The largest absolute Gasteiger partial charge is 0.479 e. The van der Waals surface area contributed by atoms with Gasteiger partial charge in [-0.05, 0) is 45.2 Å². The van der Waals surface area contributed by atoms with Crippen LogP contribution in [0.1, 0.15) is 37.0 Å². The molecule has 6 heteroatoms. The van der Waals surface area contributed by atoms with Crippen molar-refractivity contribution in [3.8, 4) is 0 Å². The monoisotopic (exact) mass is 329 g/mol. The normalized spacial score (nSPS) is 11.3. The third-order valence-electron chi connectivity index (χ3n) is 4.08. The summed E-state index contributed by atoms with van der Waals surface area (Å²) >= 11 is 0. The zero-order valence-electron chi connectivity index (χ0n) is 14.5. The van der Waals surface area contributed by atoms with Gasteiger partial charge >= 0.3 is 5.97 Å². The molecule has 0 aliphatic heterocycles. The van der Waals surface area contributed by atoms with Crippen molar-refractivity contribution in [1.82, 2.24) is 9.78 Å². The van der Waals surface area contributed by atoms with Crippen molar-refractivity contribution in [3.63, 3.8) is 0 Å². The quantitative estimate of drug-likeness (QED) is 0.853. The number of nitrogens with one attached hydrogen (secondary N) is 1. The van der Waals surface area contributed by atoms with Crippen LogP contribution in [0.3, 0.4) is 0 Å². The molecule has 2 N–H and O–H groups in total. The second-order valence-electron chi connectivity index (χ2n) is 6.52. The fraction of sp³-hybridized carbons (Fsp3) is 0.389. The molecule has 1 aromatic heterocycles. The van der Waals surface area contributed by atoms with Crippen LogP contribution in [0.2, 0.25) is 0 Å².